The number of hydrogen-bond acceptors (Lipinski definition) is 2. The van der Waals surface area contributed by atoms with Crippen LogP contribution in [0.4, 0.5) is 0 Å². The molecule has 0 amide bonds. The molecular formula is C16H25NO. The molecule has 1 aromatic carbocycles. The van der Waals surface area contributed by atoms with Gasteiger partial charge in [0, 0.05) is 25.3 Å². The molecule has 0 spiro atoms. The van der Waals surface area contributed by atoms with Gasteiger partial charge in [0.05, 0.1) is 0 Å². The van der Waals surface area contributed by atoms with E-state index in [1.54, 1.807) is 0 Å². The lowest BCUT2D eigenvalue weighted by molar-refractivity contribution is 0.0547. The van der Waals surface area contributed by atoms with Gasteiger partial charge in [-0.25, -0.2) is 0 Å². The molecule has 0 radical (unpaired) electrons. The maximum atomic E-state index is 5.42. The number of benzene rings is 1. The van der Waals surface area contributed by atoms with E-state index in [9.17, 15) is 0 Å². The van der Waals surface area contributed by atoms with E-state index >= 15 is 0 Å². The first kappa shape index (κ1) is 13.6. The third-order valence-electron chi connectivity index (χ3n) is 4.06. The van der Waals surface area contributed by atoms with Gasteiger partial charge in [-0.3, -0.25) is 0 Å². The molecule has 1 saturated heterocycles. The minimum absolute atomic E-state index is 0.420. The van der Waals surface area contributed by atoms with Gasteiger partial charge in [0.15, 0.2) is 0 Å². The normalized spacial score (nSPS) is 20.6. The van der Waals surface area contributed by atoms with Gasteiger partial charge in [-0.15, -0.1) is 0 Å². The van der Waals surface area contributed by atoms with E-state index in [1.807, 2.05) is 0 Å². The third kappa shape index (κ3) is 3.56. The highest BCUT2D eigenvalue weighted by Crippen LogP contribution is 2.21. The highest BCUT2D eigenvalue weighted by Gasteiger charge is 2.21. The van der Waals surface area contributed by atoms with E-state index in [2.05, 4.69) is 50.4 Å². The third-order valence-corrected chi connectivity index (χ3v) is 4.06. The Morgan fingerprint density at radius 2 is 1.72 bits per heavy atom. The van der Waals surface area contributed by atoms with Gasteiger partial charge >= 0.3 is 0 Å². The number of nitrogens with one attached hydrogen (secondary N) is 1. The molecule has 0 bridgehead atoms. The Kier molecular flexibility index (Phi) is 4.79. The molecule has 2 unspecified atom stereocenters. The Morgan fingerprint density at radius 1 is 1.11 bits per heavy atom. The molecule has 2 heteroatoms. The van der Waals surface area contributed by atoms with Crippen LogP contribution in [0.1, 0.15) is 43.9 Å². The van der Waals surface area contributed by atoms with Gasteiger partial charge in [0.1, 0.15) is 0 Å². The van der Waals surface area contributed by atoms with Crippen LogP contribution in [0.3, 0.4) is 0 Å². The van der Waals surface area contributed by atoms with Crippen molar-refractivity contribution in [2.45, 2.75) is 45.7 Å². The molecule has 100 valence electrons. The fraction of sp³-hybridized carbons (Fsp3) is 0.625. The summed E-state index contributed by atoms with van der Waals surface area (Å²) in [5.41, 5.74) is 2.70. The SMILES string of the molecule is Cc1ccc(C(C)NC(C)C2CCOCC2)cc1. The summed E-state index contributed by atoms with van der Waals surface area (Å²) < 4.78 is 5.42. The first-order chi connectivity index (χ1) is 8.66. The van der Waals surface area contributed by atoms with Crippen molar-refractivity contribution in [1.82, 2.24) is 5.32 Å². The van der Waals surface area contributed by atoms with Crippen molar-refractivity contribution in [2.24, 2.45) is 5.92 Å². The van der Waals surface area contributed by atoms with E-state index in [0.29, 0.717) is 12.1 Å². The lowest BCUT2D eigenvalue weighted by atomic mass is 9.92. The van der Waals surface area contributed by atoms with E-state index in [4.69, 9.17) is 4.74 Å². The highest BCUT2D eigenvalue weighted by atomic mass is 16.5. The summed E-state index contributed by atoms with van der Waals surface area (Å²) in [5.74, 6) is 0.756. The highest BCUT2D eigenvalue weighted by molar-refractivity contribution is 5.23. The van der Waals surface area contributed by atoms with Gasteiger partial charge in [-0.1, -0.05) is 29.8 Å². The number of rotatable bonds is 4. The smallest absolute Gasteiger partial charge is 0.0469 e. The lowest BCUT2D eigenvalue weighted by Crippen LogP contribution is -2.38. The van der Waals surface area contributed by atoms with Crippen LogP contribution in [0.15, 0.2) is 24.3 Å². The quantitative estimate of drug-likeness (QED) is 0.879. The molecule has 2 rings (SSSR count). The zero-order valence-corrected chi connectivity index (χ0v) is 11.8. The van der Waals surface area contributed by atoms with Crippen molar-refractivity contribution in [3.05, 3.63) is 35.4 Å². The summed E-state index contributed by atoms with van der Waals surface area (Å²) >= 11 is 0. The molecular weight excluding hydrogens is 222 g/mol. The summed E-state index contributed by atoms with van der Waals surface area (Å²) in [7, 11) is 0. The molecule has 18 heavy (non-hydrogen) atoms. The lowest BCUT2D eigenvalue weighted by Gasteiger charge is -2.30. The molecule has 0 aromatic heterocycles. The minimum Gasteiger partial charge on any atom is -0.381 e. The largest absolute Gasteiger partial charge is 0.381 e. The van der Waals surface area contributed by atoms with Crippen LogP contribution in [0.5, 0.6) is 0 Å². The van der Waals surface area contributed by atoms with Crippen LogP contribution in [0.2, 0.25) is 0 Å². The van der Waals surface area contributed by atoms with Crippen molar-refractivity contribution < 1.29 is 4.74 Å². The molecule has 2 nitrogen and oxygen atoms in total. The summed E-state index contributed by atoms with van der Waals surface area (Å²) in [5, 5.41) is 3.73. The van der Waals surface area contributed by atoms with Crippen LogP contribution in [0.25, 0.3) is 0 Å². The van der Waals surface area contributed by atoms with Crippen molar-refractivity contribution >= 4 is 0 Å². The van der Waals surface area contributed by atoms with Crippen molar-refractivity contribution in [3.8, 4) is 0 Å². The zero-order chi connectivity index (χ0) is 13.0. The average molecular weight is 247 g/mol. The topological polar surface area (TPSA) is 21.3 Å². The van der Waals surface area contributed by atoms with Crippen LogP contribution in [-0.2, 0) is 4.74 Å². The summed E-state index contributed by atoms with van der Waals surface area (Å²) in [6.45, 7) is 8.54. The van der Waals surface area contributed by atoms with Gasteiger partial charge in [-0.2, -0.15) is 0 Å². The van der Waals surface area contributed by atoms with Crippen molar-refractivity contribution in [2.75, 3.05) is 13.2 Å². The Morgan fingerprint density at radius 3 is 2.33 bits per heavy atom. The summed E-state index contributed by atoms with van der Waals surface area (Å²) in [6, 6.07) is 9.81. The fourth-order valence-electron chi connectivity index (χ4n) is 2.70. The van der Waals surface area contributed by atoms with Crippen LogP contribution >= 0.6 is 0 Å². The first-order valence-electron chi connectivity index (χ1n) is 7.07. The maximum Gasteiger partial charge on any atom is 0.0469 e. The van der Waals surface area contributed by atoms with Crippen LogP contribution < -0.4 is 5.32 Å². The Labute approximate surface area is 111 Å². The van der Waals surface area contributed by atoms with Gasteiger partial charge in [-0.05, 0) is 45.1 Å². The number of aryl methyl sites for hydroxylation is 1. The second-order valence-electron chi connectivity index (χ2n) is 5.54. The Balaban J connectivity index is 1.89. The predicted molar refractivity (Wildman–Crippen MR) is 75.7 cm³/mol. The molecule has 0 saturated carbocycles. The molecule has 1 heterocycles. The molecule has 1 aromatic rings. The predicted octanol–water partition coefficient (Wildman–Crippen LogP) is 3.46. The molecule has 1 aliphatic rings. The molecule has 2 atom stereocenters. The summed E-state index contributed by atoms with van der Waals surface area (Å²) in [4.78, 5) is 0. The Bertz CT molecular complexity index is 354. The maximum absolute atomic E-state index is 5.42. The van der Waals surface area contributed by atoms with Crippen LogP contribution in [-0.4, -0.2) is 19.3 Å². The number of hydrogen-bond donors (Lipinski definition) is 1. The first-order valence-corrected chi connectivity index (χ1v) is 7.07. The summed E-state index contributed by atoms with van der Waals surface area (Å²) in [6.07, 6.45) is 2.38. The van der Waals surface area contributed by atoms with Crippen molar-refractivity contribution in [1.29, 1.82) is 0 Å². The Hall–Kier alpha value is -0.860. The second kappa shape index (κ2) is 6.35. The van der Waals surface area contributed by atoms with Gasteiger partial charge in [0.2, 0.25) is 0 Å². The molecule has 1 fully saturated rings. The second-order valence-corrected chi connectivity index (χ2v) is 5.54. The molecule has 1 aliphatic heterocycles. The average Bonchev–Trinajstić information content (AvgIpc) is 2.40. The van der Waals surface area contributed by atoms with Gasteiger partial charge < -0.3 is 10.1 Å². The minimum atomic E-state index is 0.420. The molecule has 0 aliphatic carbocycles. The fourth-order valence-corrected chi connectivity index (χ4v) is 2.70. The number of ether oxygens (including phenoxy) is 1. The van der Waals surface area contributed by atoms with E-state index in [-0.39, 0.29) is 0 Å². The van der Waals surface area contributed by atoms with Crippen LogP contribution in [0, 0.1) is 12.8 Å². The van der Waals surface area contributed by atoms with Gasteiger partial charge in [0.25, 0.3) is 0 Å². The zero-order valence-electron chi connectivity index (χ0n) is 11.8. The molecule has 1 N–H and O–H groups in total. The monoisotopic (exact) mass is 247 g/mol. The standard InChI is InChI=1S/C16H25NO/c1-12-4-6-15(7-5-12)13(2)17-14(3)16-8-10-18-11-9-16/h4-7,13-14,16-17H,8-11H2,1-3H3. The van der Waals surface area contributed by atoms with E-state index in [1.165, 1.54) is 24.0 Å². The van der Waals surface area contributed by atoms with Crippen molar-refractivity contribution in [3.63, 3.8) is 0 Å². The van der Waals surface area contributed by atoms with E-state index in [0.717, 1.165) is 19.1 Å². The van der Waals surface area contributed by atoms with E-state index < -0.39 is 0 Å².